The lowest BCUT2D eigenvalue weighted by atomic mass is 10.1. The molecule has 0 unspecified atom stereocenters. The van der Waals surface area contributed by atoms with E-state index in [0.717, 1.165) is 12.0 Å². The Labute approximate surface area is 134 Å². The number of hydrogen-bond acceptors (Lipinski definition) is 3. The van der Waals surface area contributed by atoms with Crippen molar-refractivity contribution in [1.29, 1.82) is 0 Å². The molecule has 1 amide bonds. The predicted octanol–water partition coefficient (Wildman–Crippen LogP) is 4.26. The summed E-state index contributed by atoms with van der Waals surface area (Å²) in [5, 5.41) is 12.7. The molecule has 2 rings (SSSR count). The zero-order chi connectivity index (χ0) is 16.1. The molecule has 0 aromatic heterocycles. The van der Waals surface area contributed by atoms with Gasteiger partial charge >= 0.3 is 0 Å². The van der Waals surface area contributed by atoms with Crippen molar-refractivity contribution in [2.45, 2.75) is 20.3 Å². The Balaban J connectivity index is 2.25. The van der Waals surface area contributed by atoms with E-state index in [2.05, 4.69) is 12.2 Å². The van der Waals surface area contributed by atoms with Crippen molar-refractivity contribution in [1.82, 2.24) is 0 Å². The third-order valence-corrected chi connectivity index (χ3v) is 3.47. The van der Waals surface area contributed by atoms with Crippen LogP contribution in [0.4, 0.5) is 5.69 Å². The van der Waals surface area contributed by atoms with Crippen LogP contribution in [0.2, 0.25) is 5.02 Å². The van der Waals surface area contributed by atoms with Gasteiger partial charge in [-0.2, -0.15) is 0 Å². The maximum absolute atomic E-state index is 12.3. The lowest BCUT2D eigenvalue weighted by Crippen LogP contribution is -2.12. The van der Waals surface area contributed by atoms with Gasteiger partial charge in [-0.1, -0.05) is 30.7 Å². The summed E-state index contributed by atoms with van der Waals surface area (Å²) in [7, 11) is 0. The summed E-state index contributed by atoms with van der Waals surface area (Å²) in [6.07, 6.45) is 0.892. The number of ether oxygens (including phenoxy) is 1. The van der Waals surface area contributed by atoms with Crippen molar-refractivity contribution in [3.05, 3.63) is 52.5 Å². The van der Waals surface area contributed by atoms with Gasteiger partial charge in [0.25, 0.3) is 5.91 Å². The molecule has 0 radical (unpaired) electrons. The van der Waals surface area contributed by atoms with Gasteiger partial charge in [0.15, 0.2) is 11.5 Å². The monoisotopic (exact) mass is 319 g/mol. The molecule has 0 aliphatic carbocycles. The topological polar surface area (TPSA) is 58.6 Å². The number of anilines is 1. The van der Waals surface area contributed by atoms with Crippen LogP contribution >= 0.6 is 11.6 Å². The molecule has 2 aromatic rings. The third-order valence-electron chi connectivity index (χ3n) is 3.18. The number of nitrogens with one attached hydrogen (secondary N) is 1. The number of rotatable bonds is 5. The number of hydrogen-bond donors (Lipinski definition) is 2. The van der Waals surface area contributed by atoms with E-state index in [4.69, 9.17) is 16.3 Å². The SMILES string of the molecule is CCOc1cc(C(=O)Nc2cccc(CC)c2)cc(Cl)c1O. The number of carbonyl (C=O) groups excluding carboxylic acids is 1. The minimum atomic E-state index is -0.309. The fourth-order valence-electron chi connectivity index (χ4n) is 2.04. The van der Waals surface area contributed by atoms with Crippen LogP contribution in [0.3, 0.4) is 0 Å². The number of amides is 1. The lowest BCUT2D eigenvalue weighted by Gasteiger charge is -2.11. The summed E-state index contributed by atoms with van der Waals surface area (Å²) < 4.78 is 5.28. The predicted molar refractivity (Wildman–Crippen MR) is 88.1 cm³/mol. The van der Waals surface area contributed by atoms with Gasteiger partial charge in [-0.15, -0.1) is 0 Å². The molecular weight excluding hydrogens is 302 g/mol. The summed E-state index contributed by atoms with van der Waals surface area (Å²) in [5.41, 5.74) is 2.18. The molecule has 4 nitrogen and oxygen atoms in total. The summed E-state index contributed by atoms with van der Waals surface area (Å²) in [5.74, 6) is -0.272. The second kappa shape index (κ2) is 7.18. The highest BCUT2D eigenvalue weighted by molar-refractivity contribution is 6.32. The maximum Gasteiger partial charge on any atom is 0.255 e. The van der Waals surface area contributed by atoms with Gasteiger partial charge < -0.3 is 15.2 Å². The fourth-order valence-corrected chi connectivity index (χ4v) is 2.25. The molecule has 116 valence electrons. The fraction of sp³-hybridized carbons (Fsp3) is 0.235. The lowest BCUT2D eigenvalue weighted by molar-refractivity contribution is 0.102. The molecule has 0 bridgehead atoms. The number of halogens is 1. The van der Waals surface area contributed by atoms with Crippen molar-refractivity contribution in [3.63, 3.8) is 0 Å². The molecule has 0 heterocycles. The molecule has 0 aliphatic rings. The first kappa shape index (κ1) is 16.2. The first-order valence-electron chi connectivity index (χ1n) is 7.10. The molecule has 0 spiro atoms. The van der Waals surface area contributed by atoms with E-state index in [1.165, 1.54) is 12.1 Å². The number of benzene rings is 2. The zero-order valence-corrected chi connectivity index (χ0v) is 13.3. The highest BCUT2D eigenvalue weighted by Crippen LogP contribution is 2.35. The van der Waals surface area contributed by atoms with Crippen LogP contribution in [-0.4, -0.2) is 17.6 Å². The van der Waals surface area contributed by atoms with E-state index in [1.54, 1.807) is 6.92 Å². The second-order valence-corrected chi connectivity index (χ2v) is 5.15. The van der Waals surface area contributed by atoms with Crippen LogP contribution < -0.4 is 10.1 Å². The van der Waals surface area contributed by atoms with Crippen LogP contribution in [-0.2, 0) is 6.42 Å². The molecule has 5 heteroatoms. The smallest absolute Gasteiger partial charge is 0.255 e. The van der Waals surface area contributed by atoms with Gasteiger partial charge in [-0.3, -0.25) is 4.79 Å². The zero-order valence-electron chi connectivity index (χ0n) is 12.5. The number of carbonyl (C=O) groups is 1. The average molecular weight is 320 g/mol. The molecule has 0 aliphatic heterocycles. The maximum atomic E-state index is 12.3. The van der Waals surface area contributed by atoms with Gasteiger partial charge in [-0.25, -0.2) is 0 Å². The first-order chi connectivity index (χ1) is 10.5. The van der Waals surface area contributed by atoms with Crippen LogP contribution in [0.1, 0.15) is 29.8 Å². The van der Waals surface area contributed by atoms with Gasteiger partial charge in [0.05, 0.1) is 11.6 Å². The molecule has 0 saturated carbocycles. The van der Waals surface area contributed by atoms with Crippen molar-refractivity contribution in [2.75, 3.05) is 11.9 Å². The van der Waals surface area contributed by atoms with Crippen LogP contribution in [0.25, 0.3) is 0 Å². The third kappa shape index (κ3) is 3.71. The Morgan fingerprint density at radius 3 is 2.73 bits per heavy atom. The van der Waals surface area contributed by atoms with Crippen LogP contribution in [0, 0.1) is 0 Å². The molecule has 0 saturated heterocycles. The number of phenolic OH excluding ortho intramolecular Hbond substituents is 1. The number of aromatic hydroxyl groups is 1. The highest BCUT2D eigenvalue weighted by Gasteiger charge is 2.14. The Bertz CT molecular complexity index is 686. The number of aryl methyl sites for hydroxylation is 1. The summed E-state index contributed by atoms with van der Waals surface area (Å²) in [4.78, 5) is 12.3. The van der Waals surface area contributed by atoms with Gasteiger partial charge in [-0.05, 0) is 43.2 Å². The quantitative estimate of drug-likeness (QED) is 0.865. The molecule has 0 atom stereocenters. The first-order valence-corrected chi connectivity index (χ1v) is 7.48. The highest BCUT2D eigenvalue weighted by atomic mass is 35.5. The average Bonchev–Trinajstić information content (AvgIpc) is 2.52. The second-order valence-electron chi connectivity index (χ2n) is 4.75. The molecule has 22 heavy (non-hydrogen) atoms. The Hall–Kier alpha value is -2.20. The standard InChI is InChI=1S/C17H18ClNO3/c1-3-11-6-5-7-13(8-11)19-17(21)12-9-14(18)16(20)15(10-12)22-4-2/h5-10,20H,3-4H2,1-2H3,(H,19,21). The Morgan fingerprint density at radius 1 is 1.27 bits per heavy atom. The van der Waals surface area contributed by atoms with Crippen molar-refractivity contribution >= 4 is 23.2 Å². The van der Waals surface area contributed by atoms with E-state index in [-0.39, 0.29) is 22.4 Å². The Morgan fingerprint density at radius 2 is 2.05 bits per heavy atom. The van der Waals surface area contributed by atoms with Gasteiger partial charge in [0, 0.05) is 11.3 Å². The molecule has 0 fully saturated rings. The number of phenols is 1. The molecule has 2 N–H and O–H groups in total. The van der Waals surface area contributed by atoms with Gasteiger partial charge in [0.2, 0.25) is 0 Å². The summed E-state index contributed by atoms with van der Waals surface area (Å²) in [6, 6.07) is 10.5. The van der Waals surface area contributed by atoms with Gasteiger partial charge in [0.1, 0.15) is 0 Å². The van der Waals surface area contributed by atoms with Crippen molar-refractivity contribution in [3.8, 4) is 11.5 Å². The molecular formula is C17H18ClNO3. The van der Waals surface area contributed by atoms with Crippen LogP contribution in [0.15, 0.2) is 36.4 Å². The van der Waals surface area contributed by atoms with E-state index < -0.39 is 0 Å². The largest absolute Gasteiger partial charge is 0.503 e. The minimum absolute atomic E-state index is 0.0819. The van der Waals surface area contributed by atoms with Crippen molar-refractivity contribution in [2.24, 2.45) is 0 Å². The Kier molecular flexibility index (Phi) is 5.28. The van der Waals surface area contributed by atoms with E-state index in [9.17, 15) is 9.90 Å². The minimum Gasteiger partial charge on any atom is -0.503 e. The normalized spacial score (nSPS) is 10.3. The van der Waals surface area contributed by atoms with E-state index >= 15 is 0 Å². The van der Waals surface area contributed by atoms with E-state index in [1.807, 2.05) is 24.3 Å². The van der Waals surface area contributed by atoms with Crippen molar-refractivity contribution < 1.29 is 14.6 Å². The van der Waals surface area contributed by atoms with E-state index in [0.29, 0.717) is 17.9 Å². The summed E-state index contributed by atoms with van der Waals surface area (Å²) in [6.45, 7) is 4.21. The van der Waals surface area contributed by atoms with Crippen LogP contribution in [0.5, 0.6) is 11.5 Å². The molecule has 2 aromatic carbocycles. The summed E-state index contributed by atoms with van der Waals surface area (Å²) >= 11 is 5.94.